The van der Waals surface area contributed by atoms with Crippen LogP contribution in [0.3, 0.4) is 0 Å². The van der Waals surface area contributed by atoms with Crippen molar-refractivity contribution in [3.63, 3.8) is 0 Å². The number of rotatable bonds is 4. The van der Waals surface area contributed by atoms with Crippen LogP contribution in [-0.4, -0.2) is 49.8 Å². The van der Waals surface area contributed by atoms with E-state index in [2.05, 4.69) is 21.2 Å². The van der Waals surface area contributed by atoms with E-state index in [0.29, 0.717) is 32.6 Å². The highest BCUT2D eigenvalue weighted by Gasteiger charge is 2.28. The number of carbonyl (C=O) groups is 1. The van der Waals surface area contributed by atoms with Crippen LogP contribution in [0.4, 0.5) is 9.18 Å². The molecule has 28 heavy (non-hydrogen) atoms. The molecule has 3 rings (SSSR count). The Morgan fingerprint density at radius 3 is 2.54 bits per heavy atom. The van der Waals surface area contributed by atoms with Gasteiger partial charge in [-0.15, -0.1) is 0 Å². The summed E-state index contributed by atoms with van der Waals surface area (Å²) in [5, 5.41) is 2.87. The number of hydrogen-bond acceptors (Lipinski definition) is 3. The number of hydrogen-bond donors (Lipinski definition) is 1. The van der Waals surface area contributed by atoms with Gasteiger partial charge in [0.1, 0.15) is 5.82 Å². The molecule has 0 atom stereocenters. The van der Waals surface area contributed by atoms with Crippen molar-refractivity contribution in [2.24, 2.45) is 0 Å². The van der Waals surface area contributed by atoms with Crippen LogP contribution in [0.15, 0.2) is 57.9 Å². The Hall–Kier alpha value is -1.97. The van der Waals surface area contributed by atoms with Crippen LogP contribution in [0.1, 0.15) is 12.0 Å². The summed E-state index contributed by atoms with van der Waals surface area (Å²) >= 11 is 3.40. The Morgan fingerprint density at radius 2 is 1.82 bits per heavy atom. The Balaban J connectivity index is 1.59. The van der Waals surface area contributed by atoms with Crippen LogP contribution in [0.2, 0.25) is 0 Å². The minimum Gasteiger partial charge on any atom is -0.334 e. The molecule has 9 heteroatoms. The minimum atomic E-state index is -3.71. The van der Waals surface area contributed by atoms with Crippen molar-refractivity contribution in [3.05, 3.63) is 64.4 Å². The fraction of sp³-hybridized carbons (Fsp3) is 0.316. The van der Waals surface area contributed by atoms with Crippen LogP contribution in [-0.2, 0) is 16.6 Å². The lowest BCUT2D eigenvalue weighted by Crippen LogP contribution is -2.42. The summed E-state index contributed by atoms with van der Waals surface area (Å²) in [7, 11) is -3.71. The van der Waals surface area contributed by atoms with Gasteiger partial charge in [0.2, 0.25) is 10.0 Å². The third-order valence-electron chi connectivity index (χ3n) is 4.53. The molecule has 2 aromatic rings. The molecule has 0 bridgehead atoms. The molecule has 6 nitrogen and oxygen atoms in total. The highest BCUT2D eigenvalue weighted by molar-refractivity contribution is 9.10. The van der Waals surface area contributed by atoms with E-state index >= 15 is 0 Å². The van der Waals surface area contributed by atoms with Crippen molar-refractivity contribution in [2.45, 2.75) is 17.9 Å². The highest BCUT2D eigenvalue weighted by Crippen LogP contribution is 2.18. The van der Waals surface area contributed by atoms with Gasteiger partial charge >= 0.3 is 6.03 Å². The molecule has 1 aliphatic heterocycles. The smallest absolute Gasteiger partial charge is 0.317 e. The summed E-state index contributed by atoms with van der Waals surface area (Å²) in [6.45, 7) is 1.68. The molecule has 0 aliphatic carbocycles. The monoisotopic (exact) mass is 469 g/mol. The van der Waals surface area contributed by atoms with E-state index in [1.54, 1.807) is 4.90 Å². The number of halogens is 2. The van der Waals surface area contributed by atoms with Gasteiger partial charge in [0.15, 0.2) is 0 Å². The Bertz CT molecular complexity index is 938. The number of nitrogens with zero attached hydrogens (tertiary/aromatic N) is 2. The molecule has 1 aliphatic rings. The zero-order chi connectivity index (χ0) is 20.1. The van der Waals surface area contributed by atoms with Crippen molar-refractivity contribution in [1.82, 2.24) is 14.5 Å². The molecule has 1 saturated heterocycles. The van der Waals surface area contributed by atoms with Crippen molar-refractivity contribution in [3.8, 4) is 0 Å². The van der Waals surface area contributed by atoms with Gasteiger partial charge in [-0.2, -0.15) is 4.31 Å². The Morgan fingerprint density at radius 1 is 1.07 bits per heavy atom. The van der Waals surface area contributed by atoms with Gasteiger partial charge in [0, 0.05) is 37.2 Å². The van der Waals surface area contributed by atoms with Gasteiger partial charge in [-0.3, -0.25) is 0 Å². The predicted molar refractivity (Wildman–Crippen MR) is 108 cm³/mol. The summed E-state index contributed by atoms with van der Waals surface area (Å²) in [6, 6.07) is 12.2. The first-order valence-corrected chi connectivity index (χ1v) is 11.1. The average Bonchev–Trinajstić information content (AvgIpc) is 2.93. The van der Waals surface area contributed by atoms with Crippen LogP contribution in [0.5, 0.6) is 0 Å². The number of carbonyl (C=O) groups excluding carboxylic acids is 1. The lowest BCUT2D eigenvalue weighted by molar-refractivity contribution is 0.200. The topological polar surface area (TPSA) is 69.7 Å². The van der Waals surface area contributed by atoms with Gasteiger partial charge in [-0.05, 0) is 48.4 Å². The first-order valence-electron chi connectivity index (χ1n) is 8.89. The SMILES string of the molecule is O=C(NCc1cccc(Br)c1)N1CCCN(S(=O)(=O)c2ccc(F)cc2)CC1. The molecular formula is C19H21BrFN3O3S. The number of nitrogens with one attached hydrogen (secondary N) is 1. The maximum absolute atomic E-state index is 13.1. The first kappa shape index (κ1) is 20.8. The second-order valence-electron chi connectivity index (χ2n) is 6.49. The lowest BCUT2D eigenvalue weighted by atomic mass is 10.2. The van der Waals surface area contributed by atoms with Gasteiger partial charge in [-0.1, -0.05) is 28.1 Å². The molecule has 0 spiro atoms. The number of benzene rings is 2. The van der Waals surface area contributed by atoms with Crippen LogP contribution >= 0.6 is 15.9 Å². The fourth-order valence-corrected chi connectivity index (χ4v) is 4.95. The summed E-state index contributed by atoms with van der Waals surface area (Å²) in [5.41, 5.74) is 0.970. The maximum atomic E-state index is 13.1. The molecule has 0 aromatic heterocycles. The van der Waals surface area contributed by atoms with Crippen LogP contribution < -0.4 is 5.32 Å². The fourth-order valence-electron chi connectivity index (χ4n) is 3.03. The maximum Gasteiger partial charge on any atom is 0.317 e. The van der Waals surface area contributed by atoms with Gasteiger partial charge in [0.05, 0.1) is 4.90 Å². The summed E-state index contributed by atoms with van der Waals surface area (Å²) in [5.74, 6) is -0.483. The average molecular weight is 470 g/mol. The second-order valence-corrected chi connectivity index (χ2v) is 9.34. The summed E-state index contributed by atoms with van der Waals surface area (Å²) in [4.78, 5) is 14.1. The summed E-state index contributed by atoms with van der Waals surface area (Å²) in [6.07, 6.45) is 0.532. The molecule has 0 saturated carbocycles. The van der Waals surface area contributed by atoms with Crippen LogP contribution in [0, 0.1) is 5.82 Å². The minimum absolute atomic E-state index is 0.0569. The van der Waals surface area contributed by atoms with E-state index < -0.39 is 15.8 Å². The normalized spacial score (nSPS) is 15.9. The molecule has 1 heterocycles. The van der Waals surface area contributed by atoms with E-state index in [1.165, 1.54) is 16.4 Å². The molecular weight excluding hydrogens is 449 g/mol. The van der Waals surface area contributed by atoms with Crippen molar-refractivity contribution >= 4 is 32.0 Å². The molecule has 0 unspecified atom stereocenters. The number of sulfonamides is 1. The van der Waals surface area contributed by atoms with E-state index in [1.807, 2.05) is 24.3 Å². The quantitative estimate of drug-likeness (QED) is 0.747. The van der Waals surface area contributed by atoms with Gasteiger partial charge in [0.25, 0.3) is 0 Å². The zero-order valence-electron chi connectivity index (χ0n) is 15.1. The predicted octanol–water partition coefficient (Wildman–Crippen LogP) is 3.19. The molecule has 1 N–H and O–H groups in total. The van der Waals surface area contributed by atoms with Crippen molar-refractivity contribution in [1.29, 1.82) is 0 Å². The second kappa shape index (κ2) is 9.02. The molecule has 0 radical (unpaired) electrons. The van der Waals surface area contributed by atoms with E-state index in [4.69, 9.17) is 0 Å². The van der Waals surface area contributed by atoms with Gasteiger partial charge in [-0.25, -0.2) is 17.6 Å². The van der Waals surface area contributed by atoms with E-state index in [0.717, 1.165) is 22.2 Å². The Labute approximate surface area is 172 Å². The summed E-state index contributed by atoms with van der Waals surface area (Å²) < 4.78 is 40.9. The van der Waals surface area contributed by atoms with Crippen molar-refractivity contribution in [2.75, 3.05) is 26.2 Å². The van der Waals surface area contributed by atoms with Crippen LogP contribution in [0.25, 0.3) is 0 Å². The number of amides is 2. The largest absolute Gasteiger partial charge is 0.334 e. The number of urea groups is 1. The molecule has 2 amide bonds. The third kappa shape index (κ3) is 5.09. The third-order valence-corrected chi connectivity index (χ3v) is 6.93. The molecule has 2 aromatic carbocycles. The van der Waals surface area contributed by atoms with E-state index in [-0.39, 0.29) is 17.5 Å². The lowest BCUT2D eigenvalue weighted by Gasteiger charge is -2.22. The van der Waals surface area contributed by atoms with Crippen molar-refractivity contribution < 1.29 is 17.6 Å². The molecule has 150 valence electrons. The molecule has 1 fully saturated rings. The zero-order valence-corrected chi connectivity index (χ0v) is 17.5. The van der Waals surface area contributed by atoms with E-state index in [9.17, 15) is 17.6 Å². The highest BCUT2D eigenvalue weighted by atomic mass is 79.9. The van der Waals surface area contributed by atoms with Gasteiger partial charge < -0.3 is 10.2 Å². The first-order chi connectivity index (χ1) is 13.4. The Kier molecular flexibility index (Phi) is 6.69. The standard InChI is InChI=1S/C19H21BrFN3O3S/c20-16-4-1-3-15(13-16)14-22-19(25)23-9-2-10-24(12-11-23)28(26,27)18-7-5-17(21)6-8-18/h1,3-8,13H,2,9-12,14H2,(H,22,25).